The Balaban J connectivity index is 2.08. The lowest BCUT2D eigenvalue weighted by Crippen LogP contribution is -2.11. The highest BCUT2D eigenvalue weighted by molar-refractivity contribution is 9.10. The Morgan fingerprint density at radius 2 is 2.07 bits per heavy atom. The maximum Gasteiger partial charge on any atom is 0.269 e. The van der Waals surface area contributed by atoms with E-state index in [2.05, 4.69) is 28.0 Å². The summed E-state index contributed by atoms with van der Waals surface area (Å²) >= 11 is 3.52. The van der Waals surface area contributed by atoms with Crippen molar-refractivity contribution in [1.82, 2.24) is 0 Å². The van der Waals surface area contributed by atoms with E-state index in [1.54, 1.807) is 18.3 Å². The summed E-state index contributed by atoms with van der Waals surface area (Å²) in [5.41, 5.74) is 1.46. The summed E-state index contributed by atoms with van der Waals surface area (Å²) in [6.07, 6.45) is 2.50. The fourth-order valence-corrected chi connectivity index (χ4v) is 2.85. The van der Waals surface area contributed by atoms with Gasteiger partial charge in [0.1, 0.15) is 6.61 Å². The molecule has 0 aliphatic rings. The van der Waals surface area contributed by atoms with E-state index in [0.717, 1.165) is 16.5 Å². The van der Waals surface area contributed by atoms with Crippen LogP contribution in [0.3, 0.4) is 0 Å². The molecule has 0 saturated carbocycles. The number of halogens is 1. The molecular weight excluding hydrogens is 428 g/mol. The summed E-state index contributed by atoms with van der Waals surface area (Å²) in [4.78, 5) is 15.6. The van der Waals surface area contributed by atoms with Crippen molar-refractivity contribution >= 4 is 27.8 Å². The number of hydrogen-bond acceptors (Lipinski definition) is 6. The standard InChI is InChI=1S/C20H23BrN2O5/c1-4-14(3)28-20-18(21)10-16(11-19(20)26-5-2)12-22-27-13-15-7-6-8-17(9-15)23(24)25/h6-12,14H,4-5,13H2,1-3H3/b22-12-/t14-/m1/s1. The van der Waals surface area contributed by atoms with Gasteiger partial charge in [-0.2, -0.15) is 0 Å². The van der Waals surface area contributed by atoms with Crippen molar-refractivity contribution in [2.45, 2.75) is 39.9 Å². The van der Waals surface area contributed by atoms with Gasteiger partial charge in [-0.3, -0.25) is 10.1 Å². The molecule has 7 nitrogen and oxygen atoms in total. The molecule has 0 saturated heterocycles. The van der Waals surface area contributed by atoms with Gasteiger partial charge in [-0.15, -0.1) is 0 Å². The van der Waals surface area contributed by atoms with Gasteiger partial charge >= 0.3 is 0 Å². The van der Waals surface area contributed by atoms with Crippen LogP contribution < -0.4 is 9.47 Å². The van der Waals surface area contributed by atoms with Crippen LogP contribution in [0.25, 0.3) is 0 Å². The van der Waals surface area contributed by atoms with Crippen LogP contribution in [-0.4, -0.2) is 23.8 Å². The van der Waals surface area contributed by atoms with E-state index in [0.29, 0.717) is 23.7 Å². The lowest BCUT2D eigenvalue weighted by Gasteiger charge is -2.18. The average Bonchev–Trinajstić information content (AvgIpc) is 2.68. The Kier molecular flexibility index (Phi) is 8.25. The number of nitro benzene ring substituents is 1. The molecule has 1 atom stereocenters. The van der Waals surface area contributed by atoms with E-state index in [1.807, 2.05) is 26.0 Å². The molecule has 0 aliphatic carbocycles. The fraction of sp³-hybridized carbons (Fsp3) is 0.350. The van der Waals surface area contributed by atoms with Crippen LogP contribution in [0.1, 0.15) is 38.3 Å². The molecule has 0 bridgehead atoms. The molecule has 150 valence electrons. The predicted octanol–water partition coefficient (Wildman–Crippen LogP) is 5.48. The number of nitrogens with zero attached hydrogens (tertiary/aromatic N) is 2. The third-order valence-corrected chi connectivity index (χ3v) is 4.44. The van der Waals surface area contributed by atoms with E-state index in [4.69, 9.17) is 14.3 Å². The summed E-state index contributed by atoms with van der Waals surface area (Å²) in [5.74, 6) is 1.28. The normalized spacial score (nSPS) is 12.0. The molecular formula is C20H23BrN2O5. The second kappa shape index (κ2) is 10.7. The van der Waals surface area contributed by atoms with Gasteiger partial charge in [0.25, 0.3) is 5.69 Å². The number of oxime groups is 1. The minimum Gasteiger partial charge on any atom is -0.490 e. The van der Waals surface area contributed by atoms with Gasteiger partial charge in [-0.25, -0.2) is 0 Å². The summed E-state index contributed by atoms with van der Waals surface area (Å²) in [7, 11) is 0. The Bertz CT molecular complexity index is 841. The Labute approximate surface area is 172 Å². The first kappa shape index (κ1) is 21.7. The summed E-state index contributed by atoms with van der Waals surface area (Å²) < 4.78 is 12.4. The van der Waals surface area contributed by atoms with E-state index in [9.17, 15) is 10.1 Å². The van der Waals surface area contributed by atoms with Crippen molar-refractivity contribution in [3.8, 4) is 11.5 Å². The molecule has 8 heteroatoms. The Morgan fingerprint density at radius 3 is 2.75 bits per heavy atom. The van der Waals surface area contributed by atoms with E-state index >= 15 is 0 Å². The maximum atomic E-state index is 10.8. The van der Waals surface area contributed by atoms with Crippen molar-refractivity contribution in [2.75, 3.05) is 6.61 Å². The molecule has 2 rings (SSSR count). The largest absolute Gasteiger partial charge is 0.490 e. The van der Waals surface area contributed by atoms with Crippen molar-refractivity contribution in [3.63, 3.8) is 0 Å². The first-order chi connectivity index (χ1) is 13.4. The van der Waals surface area contributed by atoms with Crippen LogP contribution >= 0.6 is 15.9 Å². The zero-order valence-electron chi connectivity index (χ0n) is 16.1. The number of nitro groups is 1. The molecule has 0 amide bonds. The SMILES string of the molecule is CCOc1cc(/C=N\OCc2cccc([N+](=O)[O-])c2)cc(Br)c1O[C@H](C)CC. The number of non-ortho nitro benzene ring substituents is 1. The third kappa shape index (κ3) is 6.23. The zero-order chi connectivity index (χ0) is 20.5. The molecule has 2 aromatic rings. The first-order valence-electron chi connectivity index (χ1n) is 8.96. The predicted molar refractivity (Wildman–Crippen MR) is 111 cm³/mol. The van der Waals surface area contributed by atoms with Crippen LogP contribution in [0, 0.1) is 10.1 Å². The number of hydrogen-bond donors (Lipinski definition) is 0. The second-order valence-corrected chi connectivity index (χ2v) is 6.89. The Morgan fingerprint density at radius 1 is 1.29 bits per heavy atom. The van der Waals surface area contributed by atoms with Crippen LogP contribution in [0.4, 0.5) is 5.69 Å². The quantitative estimate of drug-likeness (QED) is 0.271. The fourth-order valence-electron chi connectivity index (χ4n) is 2.29. The van der Waals surface area contributed by atoms with E-state index < -0.39 is 4.92 Å². The summed E-state index contributed by atoms with van der Waals surface area (Å²) in [5, 5.41) is 14.8. The lowest BCUT2D eigenvalue weighted by atomic mass is 10.2. The highest BCUT2D eigenvalue weighted by atomic mass is 79.9. The van der Waals surface area contributed by atoms with Gasteiger partial charge in [-0.05, 0) is 53.9 Å². The van der Waals surface area contributed by atoms with Gasteiger partial charge in [0.15, 0.2) is 11.5 Å². The van der Waals surface area contributed by atoms with E-state index in [1.165, 1.54) is 12.1 Å². The zero-order valence-corrected chi connectivity index (χ0v) is 17.6. The molecule has 0 aromatic heterocycles. The van der Waals surface area contributed by atoms with Crippen LogP contribution in [0.15, 0.2) is 46.0 Å². The maximum absolute atomic E-state index is 10.8. The van der Waals surface area contributed by atoms with Gasteiger partial charge in [0.2, 0.25) is 0 Å². The summed E-state index contributed by atoms with van der Waals surface area (Å²) in [6, 6.07) is 9.94. The highest BCUT2D eigenvalue weighted by Crippen LogP contribution is 2.37. The van der Waals surface area contributed by atoms with E-state index in [-0.39, 0.29) is 18.4 Å². The molecule has 0 unspecified atom stereocenters. The molecule has 0 radical (unpaired) electrons. The molecule has 0 spiro atoms. The molecule has 0 heterocycles. The number of benzene rings is 2. The monoisotopic (exact) mass is 450 g/mol. The molecule has 0 N–H and O–H groups in total. The number of ether oxygens (including phenoxy) is 2. The van der Waals surface area contributed by atoms with Gasteiger partial charge in [0.05, 0.1) is 28.3 Å². The van der Waals surface area contributed by atoms with Crippen molar-refractivity contribution in [2.24, 2.45) is 5.16 Å². The van der Waals surface area contributed by atoms with Crippen molar-refractivity contribution in [1.29, 1.82) is 0 Å². The highest BCUT2D eigenvalue weighted by Gasteiger charge is 2.14. The molecule has 0 fully saturated rings. The van der Waals surface area contributed by atoms with Gasteiger partial charge < -0.3 is 14.3 Å². The number of rotatable bonds is 10. The molecule has 2 aromatic carbocycles. The topological polar surface area (TPSA) is 83.2 Å². The lowest BCUT2D eigenvalue weighted by molar-refractivity contribution is -0.384. The smallest absolute Gasteiger partial charge is 0.269 e. The van der Waals surface area contributed by atoms with Gasteiger partial charge in [-0.1, -0.05) is 24.2 Å². The average molecular weight is 451 g/mol. The van der Waals surface area contributed by atoms with Crippen molar-refractivity contribution in [3.05, 3.63) is 62.1 Å². The van der Waals surface area contributed by atoms with Crippen LogP contribution in [0.5, 0.6) is 11.5 Å². The minimum absolute atomic E-state index is 0.0206. The van der Waals surface area contributed by atoms with Crippen LogP contribution in [0.2, 0.25) is 0 Å². The molecule has 28 heavy (non-hydrogen) atoms. The summed E-state index contributed by atoms with van der Waals surface area (Å²) in [6.45, 7) is 6.60. The van der Waals surface area contributed by atoms with Gasteiger partial charge in [0, 0.05) is 17.7 Å². The first-order valence-corrected chi connectivity index (χ1v) is 9.75. The second-order valence-electron chi connectivity index (χ2n) is 6.03. The van der Waals surface area contributed by atoms with Crippen molar-refractivity contribution < 1.29 is 19.2 Å². The Hall–Kier alpha value is -2.61. The third-order valence-electron chi connectivity index (χ3n) is 3.85. The van der Waals surface area contributed by atoms with Crippen LogP contribution in [-0.2, 0) is 11.4 Å². The molecule has 0 aliphatic heterocycles. The minimum atomic E-state index is -0.442.